The van der Waals surface area contributed by atoms with Gasteiger partial charge in [-0.05, 0) is 46.3 Å². The van der Waals surface area contributed by atoms with Gasteiger partial charge in [0, 0.05) is 18.3 Å². The van der Waals surface area contributed by atoms with Crippen molar-refractivity contribution >= 4 is 14.3 Å². The van der Waals surface area contributed by atoms with Crippen LogP contribution in [0, 0.1) is 24.2 Å². The normalized spacial score (nSPS) is 24.0. The fourth-order valence-electron chi connectivity index (χ4n) is 3.42. The molecule has 2 unspecified atom stereocenters. The lowest BCUT2D eigenvalue weighted by atomic mass is 9.73. The molecule has 1 aliphatic rings. The number of carbonyl (C=O) groups excluding carboxylic acids is 1. The van der Waals surface area contributed by atoms with Crippen molar-refractivity contribution in [3.05, 3.63) is 17.0 Å². The maximum absolute atomic E-state index is 12.5. The van der Waals surface area contributed by atoms with E-state index in [0.29, 0.717) is 19.4 Å². The zero-order valence-electron chi connectivity index (χ0n) is 14.8. The van der Waals surface area contributed by atoms with Crippen molar-refractivity contribution in [1.82, 2.24) is 9.78 Å². The number of hydrogen-bond donors (Lipinski definition) is 0. The zero-order chi connectivity index (χ0) is 17.4. The van der Waals surface area contributed by atoms with Crippen LogP contribution < -0.4 is 0 Å². The highest BCUT2D eigenvalue weighted by molar-refractivity contribution is 6.69. The second-order valence-electron chi connectivity index (χ2n) is 6.94. The van der Waals surface area contributed by atoms with E-state index < -0.39 is 19.8 Å². The summed E-state index contributed by atoms with van der Waals surface area (Å²) in [4.78, 5) is 12.5. The molecule has 0 amide bonds. The third-order valence-corrected chi connectivity index (χ3v) is 5.01. The fourth-order valence-corrected chi connectivity index (χ4v) is 4.68. The Hall–Kier alpha value is -1.65. The minimum absolute atomic E-state index is 0.294. The number of ether oxygens (including phenoxy) is 1. The summed E-state index contributed by atoms with van der Waals surface area (Å²) in [5, 5.41) is 14.5. The van der Waals surface area contributed by atoms with Crippen molar-refractivity contribution in [2.45, 2.75) is 51.9 Å². The first-order valence-electron chi connectivity index (χ1n) is 7.97. The molecule has 0 aromatic carbocycles. The van der Waals surface area contributed by atoms with Crippen molar-refractivity contribution in [2.24, 2.45) is 13.0 Å². The van der Waals surface area contributed by atoms with Gasteiger partial charge >= 0.3 is 5.97 Å². The molecule has 1 aromatic heterocycles. The Morgan fingerprint density at radius 1 is 1.52 bits per heavy atom. The lowest BCUT2D eigenvalue weighted by Gasteiger charge is -2.41. The number of esters is 1. The van der Waals surface area contributed by atoms with E-state index >= 15 is 0 Å². The molecule has 23 heavy (non-hydrogen) atoms. The first-order valence-corrected chi connectivity index (χ1v) is 11.4. The Balaban J connectivity index is 2.65. The number of carbonyl (C=O) groups is 1. The van der Waals surface area contributed by atoms with Crippen LogP contribution in [0.5, 0.6) is 0 Å². The number of hydrogen-bond acceptors (Lipinski definition) is 5. The topological polar surface area (TPSA) is 77.1 Å². The molecule has 2 rings (SSSR count). The highest BCUT2D eigenvalue weighted by Gasteiger charge is 2.54. The number of aromatic nitrogens is 2. The van der Waals surface area contributed by atoms with Crippen LogP contribution in [-0.2, 0) is 33.0 Å². The monoisotopic (exact) mass is 335 g/mol. The van der Waals surface area contributed by atoms with Gasteiger partial charge in [-0.25, -0.2) is 0 Å². The highest BCUT2D eigenvalue weighted by atomic mass is 28.4. The summed E-state index contributed by atoms with van der Waals surface area (Å²) in [6.07, 6.45) is 1.22. The van der Waals surface area contributed by atoms with Gasteiger partial charge in [0.05, 0.1) is 12.3 Å². The summed E-state index contributed by atoms with van der Waals surface area (Å²) >= 11 is 0. The maximum Gasteiger partial charge on any atom is 0.313 e. The van der Waals surface area contributed by atoms with Crippen LogP contribution in [0.25, 0.3) is 0 Å². The molecule has 0 bridgehead atoms. The average molecular weight is 335 g/mol. The SMILES string of the molecule is CCOC(=O)C1CCc2c(c(C)nn2C)C1(C#N)O[Si](C)(C)C. The highest BCUT2D eigenvalue weighted by Crippen LogP contribution is 2.46. The molecule has 0 radical (unpaired) electrons. The predicted octanol–water partition coefficient (Wildman–Crippen LogP) is 2.42. The van der Waals surface area contributed by atoms with Gasteiger partial charge in [0.1, 0.15) is 12.0 Å². The van der Waals surface area contributed by atoms with E-state index in [0.717, 1.165) is 17.0 Å². The first-order chi connectivity index (χ1) is 10.7. The second-order valence-corrected chi connectivity index (χ2v) is 11.4. The van der Waals surface area contributed by atoms with Gasteiger partial charge in [-0.3, -0.25) is 9.48 Å². The summed E-state index contributed by atoms with van der Waals surface area (Å²) in [6, 6.07) is 2.33. The minimum Gasteiger partial charge on any atom is -0.466 e. The van der Waals surface area contributed by atoms with Crippen molar-refractivity contribution in [2.75, 3.05) is 6.61 Å². The van der Waals surface area contributed by atoms with E-state index in [9.17, 15) is 10.1 Å². The first kappa shape index (κ1) is 17.7. The molecule has 7 heteroatoms. The summed E-state index contributed by atoms with van der Waals surface area (Å²) < 4.78 is 13.4. The van der Waals surface area contributed by atoms with Crippen LogP contribution >= 0.6 is 0 Å². The Morgan fingerprint density at radius 3 is 2.70 bits per heavy atom. The predicted molar refractivity (Wildman–Crippen MR) is 88.1 cm³/mol. The third kappa shape index (κ3) is 3.06. The van der Waals surface area contributed by atoms with Gasteiger partial charge in [-0.1, -0.05) is 0 Å². The molecule has 0 saturated heterocycles. The van der Waals surface area contributed by atoms with Crippen LogP contribution in [0.3, 0.4) is 0 Å². The number of nitriles is 1. The van der Waals surface area contributed by atoms with Crippen LogP contribution in [0.15, 0.2) is 0 Å². The fraction of sp³-hybridized carbons (Fsp3) is 0.688. The lowest BCUT2D eigenvalue weighted by Crippen LogP contribution is -2.50. The molecule has 6 nitrogen and oxygen atoms in total. The van der Waals surface area contributed by atoms with E-state index in [4.69, 9.17) is 9.16 Å². The summed E-state index contributed by atoms with van der Waals surface area (Å²) in [5.74, 6) is -0.976. The molecule has 126 valence electrons. The van der Waals surface area contributed by atoms with Crippen LogP contribution in [0.2, 0.25) is 19.6 Å². The van der Waals surface area contributed by atoms with Crippen molar-refractivity contribution in [3.8, 4) is 6.07 Å². The molecule has 1 heterocycles. The molecule has 1 aliphatic carbocycles. The number of rotatable bonds is 4. The van der Waals surface area contributed by atoms with E-state index in [1.807, 2.05) is 33.6 Å². The molecule has 0 fully saturated rings. The van der Waals surface area contributed by atoms with Gasteiger partial charge in [-0.2, -0.15) is 10.4 Å². The molecular formula is C16H25N3O3Si. The van der Waals surface area contributed by atoms with Crippen LogP contribution in [0.4, 0.5) is 0 Å². The second kappa shape index (κ2) is 6.10. The maximum atomic E-state index is 12.5. The van der Waals surface area contributed by atoms with Gasteiger partial charge in [-0.15, -0.1) is 0 Å². The molecule has 0 spiro atoms. The van der Waals surface area contributed by atoms with Gasteiger partial charge < -0.3 is 9.16 Å². The summed E-state index contributed by atoms with van der Waals surface area (Å²) in [6.45, 7) is 10.0. The van der Waals surface area contributed by atoms with Gasteiger partial charge in [0.2, 0.25) is 0 Å². The van der Waals surface area contributed by atoms with Gasteiger partial charge in [0.15, 0.2) is 13.9 Å². The summed E-state index contributed by atoms with van der Waals surface area (Å²) in [7, 11) is -0.230. The van der Waals surface area contributed by atoms with Crippen molar-refractivity contribution < 1.29 is 14.0 Å². The molecular weight excluding hydrogens is 310 g/mol. The molecule has 0 aliphatic heterocycles. The van der Waals surface area contributed by atoms with Gasteiger partial charge in [0.25, 0.3) is 0 Å². The number of fused-ring (bicyclic) bond motifs is 1. The quantitative estimate of drug-likeness (QED) is 0.624. The van der Waals surface area contributed by atoms with Crippen molar-refractivity contribution in [1.29, 1.82) is 5.26 Å². The zero-order valence-corrected chi connectivity index (χ0v) is 15.8. The molecule has 0 N–H and O–H groups in total. The van der Waals surface area contributed by atoms with E-state index in [1.165, 1.54) is 0 Å². The number of nitrogens with zero attached hydrogens (tertiary/aromatic N) is 3. The minimum atomic E-state index is -2.10. The average Bonchev–Trinajstić information content (AvgIpc) is 2.73. The Bertz CT molecular complexity index is 657. The Kier molecular flexibility index (Phi) is 4.69. The lowest BCUT2D eigenvalue weighted by molar-refractivity contribution is -0.155. The Morgan fingerprint density at radius 2 is 2.17 bits per heavy atom. The van der Waals surface area contributed by atoms with Crippen LogP contribution in [-0.4, -0.2) is 30.7 Å². The van der Waals surface area contributed by atoms with E-state index in [1.54, 1.807) is 11.6 Å². The third-order valence-electron chi connectivity index (χ3n) is 4.08. The Labute approximate surface area is 138 Å². The molecule has 0 saturated carbocycles. The smallest absolute Gasteiger partial charge is 0.313 e. The van der Waals surface area contributed by atoms with E-state index in [2.05, 4.69) is 11.2 Å². The molecule has 1 aromatic rings. The van der Waals surface area contributed by atoms with Crippen LogP contribution in [0.1, 0.15) is 30.3 Å². The standard InChI is InChI=1S/C16H25N3O3Si/c1-7-21-15(20)12-8-9-13-14(11(2)18-19(13)3)16(12,10-17)22-23(4,5)6/h12H,7-9H2,1-6H3. The molecule has 2 atom stereocenters. The number of aryl methyl sites for hydroxylation is 2. The largest absolute Gasteiger partial charge is 0.466 e. The summed E-state index contributed by atoms with van der Waals surface area (Å²) in [5.41, 5.74) is 1.18. The van der Waals surface area contributed by atoms with E-state index in [-0.39, 0.29) is 5.97 Å². The van der Waals surface area contributed by atoms with Crippen molar-refractivity contribution in [3.63, 3.8) is 0 Å².